The minimum atomic E-state index is -1.78. The van der Waals surface area contributed by atoms with Crippen LogP contribution in [0.4, 0.5) is 9.18 Å². The van der Waals surface area contributed by atoms with E-state index in [1.165, 1.54) is 16.7 Å². The van der Waals surface area contributed by atoms with Gasteiger partial charge in [-0.3, -0.25) is 4.90 Å². The van der Waals surface area contributed by atoms with Crippen molar-refractivity contribution in [2.24, 2.45) is 0 Å². The first-order valence-corrected chi connectivity index (χ1v) is 7.57. The van der Waals surface area contributed by atoms with Crippen molar-refractivity contribution in [1.29, 1.82) is 0 Å². The van der Waals surface area contributed by atoms with Gasteiger partial charge in [0, 0.05) is 5.75 Å². The second-order valence-electron chi connectivity index (χ2n) is 6.36. The van der Waals surface area contributed by atoms with Gasteiger partial charge in [0.25, 0.3) is 0 Å². The van der Waals surface area contributed by atoms with Crippen molar-refractivity contribution in [2.75, 3.05) is 12.4 Å². The molecule has 0 aliphatic carbocycles. The maximum Gasteiger partial charge on any atom is 0.411 e. The monoisotopic (exact) mass is 309 g/mol. The SMILES string of the molecule is CC(C)(C)OC(=O)N1[C@H]([C@@H](O)[C@H](F)CO)CSC1(C)C. The van der Waals surface area contributed by atoms with Gasteiger partial charge in [0.15, 0.2) is 6.17 Å². The third kappa shape index (κ3) is 3.99. The average molecular weight is 309 g/mol. The van der Waals surface area contributed by atoms with Crippen molar-refractivity contribution in [1.82, 2.24) is 4.90 Å². The molecule has 1 rings (SSSR count). The largest absolute Gasteiger partial charge is 0.444 e. The summed E-state index contributed by atoms with van der Waals surface area (Å²) < 4.78 is 18.8. The molecule has 1 amide bonds. The molecule has 2 N–H and O–H groups in total. The fourth-order valence-electron chi connectivity index (χ4n) is 2.10. The summed E-state index contributed by atoms with van der Waals surface area (Å²) in [7, 11) is 0. The summed E-state index contributed by atoms with van der Waals surface area (Å²) in [5.74, 6) is 0.397. The predicted molar refractivity (Wildman–Crippen MR) is 76.4 cm³/mol. The molecule has 0 radical (unpaired) electrons. The van der Waals surface area contributed by atoms with Crippen LogP contribution in [0.15, 0.2) is 0 Å². The molecule has 1 fully saturated rings. The fraction of sp³-hybridized carbons (Fsp3) is 0.923. The predicted octanol–water partition coefficient (Wildman–Crippen LogP) is 1.77. The molecular formula is C13H24FNO4S. The van der Waals surface area contributed by atoms with Crippen LogP contribution in [0.3, 0.4) is 0 Å². The number of hydrogen-bond donors (Lipinski definition) is 2. The number of nitrogens with zero attached hydrogens (tertiary/aromatic N) is 1. The molecule has 0 saturated carbocycles. The zero-order valence-corrected chi connectivity index (χ0v) is 13.4. The van der Waals surface area contributed by atoms with E-state index in [9.17, 15) is 14.3 Å². The van der Waals surface area contributed by atoms with Gasteiger partial charge in [-0.2, -0.15) is 0 Å². The van der Waals surface area contributed by atoms with Crippen LogP contribution < -0.4 is 0 Å². The lowest BCUT2D eigenvalue weighted by Crippen LogP contribution is -2.55. The first-order valence-electron chi connectivity index (χ1n) is 6.59. The number of aliphatic hydroxyl groups is 2. The van der Waals surface area contributed by atoms with Crippen LogP contribution in [0.2, 0.25) is 0 Å². The molecule has 0 unspecified atom stereocenters. The van der Waals surface area contributed by atoms with Crippen molar-refractivity contribution in [3.63, 3.8) is 0 Å². The lowest BCUT2D eigenvalue weighted by molar-refractivity contribution is -0.0374. The number of carbonyl (C=O) groups excluding carboxylic acids is 1. The number of aliphatic hydroxyl groups excluding tert-OH is 2. The van der Waals surface area contributed by atoms with Gasteiger partial charge in [-0.1, -0.05) is 0 Å². The number of amides is 1. The van der Waals surface area contributed by atoms with Gasteiger partial charge in [0.05, 0.1) is 17.5 Å². The molecule has 5 nitrogen and oxygen atoms in total. The zero-order chi connectivity index (χ0) is 15.7. The maximum absolute atomic E-state index is 13.5. The van der Waals surface area contributed by atoms with E-state index in [0.29, 0.717) is 5.75 Å². The molecule has 20 heavy (non-hydrogen) atoms. The van der Waals surface area contributed by atoms with Crippen LogP contribution in [-0.2, 0) is 4.74 Å². The van der Waals surface area contributed by atoms with Gasteiger partial charge in [0.2, 0.25) is 0 Å². The molecule has 0 bridgehead atoms. The van der Waals surface area contributed by atoms with Crippen LogP contribution in [0, 0.1) is 0 Å². The summed E-state index contributed by atoms with van der Waals surface area (Å²) in [6, 6.07) is -0.716. The van der Waals surface area contributed by atoms with Gasteiger partial charge >= 0.3 is 6.09 Å². The van der Waals surface area contributed by atoms with E-state index in [1.54, 1.807) is 20.8 Å². The number of hydrogen-bond acceptors (Lipinski definition) is 5. The highest BCUT2D eigenvalue weighted by molar-refractivity contribution is 8.00. The van der Waals surface area contributed by atoms with Crippen LogP contribution in [-0.4, -0.2) is 62.4 Å². The van der Waals surface area contributed by atoms with Gasteiger partial charge in [-0.25, -0.2) is 9.18 Å². The Labute approximate surface area is 123 Å². The standard InChI is InChI=1S/C13H24FNO4S/c1-12(2,3)19-11(18)15-9(7-20-13(15,4)5)10(17)8(14)6-16/h8-10,16-17H,6-7H2,1-5H3/t8-,9+,10+/m1/s1. The lowest BCUT2D eigenvalue weighted by Gasteiger charge is -2.37. The molecule has 0 aromatic rings. The highest BCUT2D eigenvalue weighted by atomic mass is 32.2. The Kier molecular flexibility index (Phi) is 5.32. The minimum absolute atomic E-state index is 0.397. The molecule has 0 spiro atoms. The number of thioether (sulfide) groups is 1. The molecule has 0 aromatic heterocycles. The number of alkyl halides is 1. The summed E-state index contributed by atoms with van der Waals surface area (Å²) in [6.45, 7) is 8.11. The van der Waals surface area contributed by atoms with Crippen molar-refractivity contribution in [3.05, 3.63) is 0 Å². The van der Waals surface area contributed by atoms with Crippen molar-refractivity contribution >= 4 is 17.9 Å². The van der Waals surface area contributed by atoms with Gasteiger partial charge in [-0.15, -0.1) is 11.8 Å². The van der Waals surface area contributed by atoms with E-state index in [4.69, 9.17) is 9.84 Å². The van der Waals surface area contributed by atoms with Gasteiger partial charge in [0.1, 0.15) is 11.7 Å². The first-order chi connectivity index (χ1) is 8.99. The highest BCUT2D eigenvalue weighted by Gasteiger charge is 2.49. The van der Waals surface area contributed by atoms with Crippen molar-refractivity contribution in [2.45, 2.75) is 63.4 Å². The Morgan fingerprint density at radius 2 is 2.10 bits per heavy atom. The summed E-state index contributed by atoms with van der Waals surface area (Å²) >= 11 is 1.44. The normalized spacial score (nSPS) is 25.4. The molecule has 118 valence electrons. The van der Waals surface area contributed by atoms with Crippen molar-refractivity contribution in [3.8, 4) is 0 Å². The Balaban J connectivity index is 2.93. The highest BCUT2D eigenvalue weighted by Crippen LogP contribution is 2.41. The Morgan fingerprint density at radius 3 is 2.55 bits per heavy atom. The fourth-order valence-corrected chi connectivity index (χ4v) is 3.37. The number of ether oxygens (including phenoxy) is 1. The quantitative estimate of drug-likeness (QED) is 0.831. The van der Waals surface area contributed by atoms with E-state index >= 15 is 0 Å². The molecule has 7 heteroatoms. The van der Waals surface area contributed by atoms with Crippen LogP contribution in [0.1, 0.15) is 34.6 Å². The van der Waals surface area contributed by atoms with Crippen LogP contribution >= 0.6 is 11.8 Å². The van der Waals surface area contributed by atoms with Crippen LogP contribution in [0.5, 0.6) is 0 Å². The third-order valence-corrected chi connectivity index (χ3v) is 4.46. The molecule has 1 saturated heterocycles. The van der Waals surface area contributed by atoms with E-state index in [0.717, 1.165) is 0 Å². The van der Waals surface area contributed by atoms with Crippen molar-refractivity contribution < 1.29 is 24.1 Å². The molecule has 3 atom stereocenters. The van der Waals surface area contributed by atoms with Crippen LogP contribution in [0.25, 0.3) is 0 Å². The molecular weight excluding hydrogens is 285 g/mol. The van der Waals surface area contributed by atoms with E-state index in [1.807, 2.05) is 13.8 Å². The lowest BCUT2D eigenvalue weighted by atomic mass is 10.1. The molecule has 1 aliphatic rings. The van der Waals surface area contributed by atoms with E-state index in [2.05, 4.69) is 0 Å². The number of halogens is 1. The molecule has 0 aromatic carbocycles. The molecule has 1 heterocycles. The Bertz CT molecular complexity index is 359. The smallest absolute Gasteiger partial charge is 0.411 e. The second kappa shape index (κ2) is 6.07. The minimum Gasteiger partial charge on any atom is -0.444 e. The number of rotatable bonds is 3. The third-order valence-electron chi connectivity index (χ3n) is 3.05. The zero-order valence-electron chi connectivity index (χ0n) is 12.6. The van der Waals surface area contributed by atoms with Gasteiger partial charge < -0.3 is 14.9 Å². The summed E-state index contributed by atoms with van der Waals surface area (Å²) in [4.78, 5) is 13.1. The Hall–Kier alpha value is -0.530. The average Bonchev–Trinajstić information content (AvgIpc) is 2.60. The van der Waals surface area contributed by atoms with E-state index < -0.39 is 41.5 Å². The second-order valence-corrected chi connectivity index (χ2v) is 7.99. The Morgan fingerprint density at radius 1 is 1.55 bits per heavy atom. The summed E-state index contributed by atoms with van der Waals surface area (Å²) in [5.41, 5.74) is -0.665. The van der Waals surface area contributed by atoms with Gasteiger partial charge in [-0.05, 0) is 34.6 Å². The number of carbonyl (C=O) groups is 1. The maximum atomic E-state index is 13.5. The summed E-state index contributed by atoms with van der Waals surface area (Å²) in [6.07, 6.45) is -3.79. The first kappa shape index (κ1) is 17.5. The topological polar surface area (TPSA) is 70.0 Å². The molecule has 1 aliphatic heterocycles. The summed E-state index contributed by atoms with van der Waals surface area (Å²) in [5, 5.41) is 18.8. The van der Waals surface area contributed by atoms with E-state index in [-0.39, 0.29) is 0 Å².